The van der Waals surface area contributed by atoms with Crippen molar-refractivity contribution in [1.29, 1.82) is 0 Å². The number of pyridine rings is 1. The highest BCUT2D eigenvalue weighted by atomic mass is 16.5. The average Bonchev–Trinajstić information content (AvgIpc) is 3.31. The fourth-order valence-corrected chi connectivity index (χ4v) is 4.59. The molecule has 1 aliphatic rings. The van der Waals surface area contributed by atoms with E-state index in [2.05, 4.69) is 44.3 Å². The van der Waals surface area contributed by atoms with Crippen molar-refractivity contribution in [1.82, 2.24) is 20.1 Å². The van der Waals surface area contributed by atoms with Gasteiger partial charge in [0.2, 0.25) is 0 Å². The average molecular weight is 427 g/mol. The third-order valence-electron chi connectivity index (χ3n) is 6.27. The van der Waals surface area contributed by atoms with Gasteiger partial charge in [0.25, 0.3) is 0 Å². The number of hydrogen-bond donors (Lipinski definition) is 1. The van der Waals surface area contributed by atoms with Crippen LogP contribution < -0.4 is 4.74 Å². The largest absolute Gasteiger partial charge is 0.497 e. The molecule has 5 rings (SSSR count). The normalized spacial score (nSPS) is 16.8. The van der Waals surface area contributed by atoms with E-state index < -0.39 is 0 Å². The second kappa shape index (κ2) is 8.93. The van der Waals surface area contributed by atoms with Gasteiger partial charge in [-0.15, -0.1) is 0 Å². The van der Waals surface area contributed by atoms with E-state index in [4.69, 9.17) is 4.74 Å². The first kappa shape index (κ1) is 20.4. The Morgan fingerprint density at radius 1 is 1.16 bits per heavy atom. The molecule has 3 heterocycles. The highest BCUT2D eigenvalue weighted by molar-refractivity contribution is 5.97. The van der Waals surface area contributed by atoms with Crippen molar-refractivity contribution < 1.29 is 9.53 Å². The number of fused-ring (bicyclic) bond motifs is 1. The van der Waals surface area contributed by atoms with Crippen LogP contribution in [0.5, 0.6) is 5.75 Å². The molecule has 0 aliphatic carbocycles. The molecule has 6 nitrogen and oxygen atoms in total. The third-order valence-corrected chi connectivity index (χ3v) is 6.27. The molecule has 1 saturated heterocycles. The molecule has 0 amide bonds. The Hall–Kier alpha value is -3.51. The van der Waals surface area contributed by atoms with Crippen molar-refractivity contribution in [3.63, 3.8) is 0 Å². The highest BCUT2D eigenvalue weighted by Crippen LogP contribution is 2.29. The van der Waals surface area contributed by atoms with E-state index in [1.165, 1.54) is 0 Å². The van der Waals surface area contributed by atoms with Gasteiger partial charge in [0.15, 0.2) is 5.78 Å². The Labute approximate surface area is 187 Å². The molecule has 4 aromatic rings. The lowest BCUT2D eigenvalue weighted by atomic mass is 9.90. The fourth-order valence-electron chi connectivity index (χ4n) is 4.59. The van der Waals surface area contributed by atoms with Gasteiger partial charge in [0, 0.05) is 48.1 Å². The zero-order chi connectivity index (χ0) is 21.9. The molecule has 32 heavy (non-hydrogen) atoms. The van der Waals surface area contributed by atoms with Crippen LogP contribution in [0.15, 0.2) is 67.1 Å². The lowest BCUT2D eigenvalue weighted by molar-refractivity contribution is 0.0811. The first-order valence-corrected chi connectivity index (χ1v) is 11.0. The van der Waals surface area contributed by atoms with E-state index in [1.54, 1.807) is 19.5 Å². The van der Waals surface area contributed by atoms with Crippen LogP contribution in [0.4, 0.5) is 0 Å². The minimum absolute atomic E-state index is 0.0129. The molecule has 2 aromatic heterocycles. The lowest BCUT2D eigenvalue weighted by Gasteiger charge is -2.31. The molecule has 162 valence electrons. The van der Waals surface area contributed by atoms with Gasteiger partial charge in [-0.2, -0.15) is 5.10 Å². The lowest BCUT2D eigenvalue weighted by Crippen LogP contribution is -2.38. The maximum atomic E-state index is 12.9. The molecule has 2 aromatic carbocycles. The van der Waals surface area contributed by atoms with Gasteiger partial charge in [-0.25, -0.2) is 0 Å². The summed E-state index contributed by atoms with van der Waals surface area (Å²) in [5.74, 6) is 1.06. The number of aromatic amines is 1. The van der Waals surface area contributed by atoms with Gasteiger partial charge >= 0.3 is 0 Å². The van der Waals surface area contributed by atoms with Crippen molar-refractivity contribution >= 4 is 16.6 Å². The number of carbonyl (C=O) groups excluding carboxylic acids is 1. The zero-order valence-corrected chi connectivity index (χ0v) is 18.1. The van der Waals surface area contributed by atoms with E-state index in [-0.39, 0.29) is 11.7 Å². The molecule has 0 unspecified atom stereocenters. The number of carbonyl (C=O) groups is 1. The molecule has 6 heteroatoms. The number of benzene rings is 2. The summed E-state index contributed by atoms with van der Waals surface area (Å²) in [7, 11) is 1.68. The summed E-state index contributed by atoms with van der Waals surface area (Å²) >= 11 is 0. The number of Topliss-reactive ketones (excluding diaryl/α,β-unsaturated/α-hetero) is 1. The van der Waals surface area contributed by atoms with Crippen molar-refractivity contribution in [3.05, 3.63) is 78.2 Å². The van der Waals surface area contributed by atoms with Crippen LogP contribution in [0.1, 0.15) is 28.8 Å². The molecule has 1 aliphatic heterocycles. The number of nitrogens with zero attached hydrogens (tertiary/aromatic N) is 3. The van der Waals surface area contributed by atoms with Crippen molar-refractivity contribution in [3.8, 4) is 17.0 Å². The van der Waals surface area contributed by atoms with E-state index in [0.29, 0.717) is 5.56 Å². The number of H-pyrrole nitrogens is 1. The van der Waals surface area contributed by atoms with E-state index in [1.807, 2.05) is 30.5 Å². The summed E-state index contributed by atoms with van der Waals surface area (Å²) < 4.78 is 5.33. The first-order chi connectivity index (χ1) is 15.7. The Morgan fingerprint density at radius 3 is 2.88 bits per heavy atom. The van der Waals surface area contributed by atoms with Gasteiger partial charge in [-0.05, 0) is 60.5 Å². The van der Waals surface area contributed by atoms with E-state index in [9.17, 15) is 4.79 Å². The molecular formula is C26H26N4O2. The summed E-state index contributed by atoms with van der Waals surface area (Å²) in [5, 5.41) is 9.81. The Bertz CT molecular complexity index is 1240. The zero-order valence-electron chi connectivity index (χ0n) is 18.1. The molecule has 0 spiro atoms. The van der Waals surface area contributed by atoms with Crippen LogP contribution in [-0.2, 0) is 6.54 Å². The number of nitrogens with one attached hydrogen (secondary N) is 1. The summed E-state index contributed by atoms with van der Waals surface area (Å²) in [5.41, 5.74) is 3.99. The van der Waals surface area contributed by atoms with Crippen LogP contribution in [0, 0.1) is 5.92 Å². The van der Waals surface area contributed by atoms with E-state index >= 15 is 0 Å². The SMILES string of the molecule is COc1ccc2cc(-c3[nH]ncc3CN3CCC[C@H](C(=O)c4cccnc4)C3)ccc2c1. The standard InChI is InChI=1S/C26H26N4O2/c1-32-24-9-8-18-12-20(7-6-19(18)13-24)25-23(15-28-29-25)17-30-11-3-5-22(16-30)26(31)21-4-2-10-27-14-21/h2,4,6-10,12-15,22H,3,5,11,16-17H2,1H3,(H,28,29)/t22-/m0/s1. The maximum Gasteiger partial charge on any atom is 0.168 e. The first-order valence-electron chi connectivity index (χ1n) is 11.0. The predicted octanol–water partition coefficient (Wildman–Crippen LogP) is 4.73. The number of methoxy groups -OCH3 is 1. The predicted molar refractivity (Wildman–Crippen MR) is 125 cm³/mol. The Morgan fingerprint density at radius 2 is 2.03 bits per heavy atom. The smallest absolute Gasteiger partial charge is 0.168 e. The fraction of sp³-hybridized carbons (Fsp3) is 0.269. The molecule has 0 bridgehead atoms. The number of rotatable bonds is 6. The van der Waals surface area contributed by atoms with Crippen LogP contribution in [0.3, 0.4) is 0 Å². The quantitative estimate of drug-likeness (QED) is 0.452. The molecule has 0 radical (unpaired) electrons. The summed E-state index contributed by atoms with van der Waals surface area (Å²) in [6.45, 7) is 2.51. The molecule has 0 saturated carbocycles. The number of aromatic nitrogens is 3. The number of hydrogen-bond acceptors (Lipinski definition) is 5. The van der Waals surface area contributed by atoms with Gasteiger partial charge in [0.05, 0.1) is 19.0 Å². The maximum absolute atomic E-state index is 12.9. The number of ether oxygens (including phenoxy) is 1. The molecule has 1 fully saturated rings. The second-order valence-corrected chi connectivity index (χ2v) is 8.38. The van der Waals surface area contributed by atoms with Crippen molar-refractivity contribution in [2.75, 3.05) is 20.2 Å². The number of ketones is 1. The van der Waals surface area contributed by atoms with Gasteiger partial charge < -0.3 is 4.74 Å². The Balaban J connectivity index is 1.34. The van der Waals surface area contributed by atoms with Crippen LogP contribution in [0.2, 0.25) is 0 Å². The number of likely N-dealkylation sites (tertiary alicyclic amines) is 1. The summed E-state index contributed by atoms with van der Waals surface area (Å²) in [6, 6.07) is 16.2. The van der Waals surface area contributed by atoms with Crippen LogP contribution >= 0.6 is 0 Å². The van der Waals surface area contributed by atoms with Crippen LogP contribution in [-0.4, -0.2) is 46.1 Å². The third kappa shape index (κ3) is 4.14. The molecule has 1 atom stereocenters. The minimum Gasteiger partial charge on any atom is -0.497 e. The Kier molecular flexibility index (Phi) is 5.69. The number of piperidine rings is 1. The monoisotopic (exact) mass is 426 g/mol. The summed E-state index contributed by atoms with van der Waals surface area (Å²) in [6.07, 6.45) is 7.22. The highest BCUT2D eigenvalue weighted by Gasteiger charge is 2.27. The summed E-state index contributed by atoms with van der Waals surface area (Å²) in [4.78, 5) is 19.4. The van der Waals surface area contributed by atoms with Crippen LogP contribution in [0.25, 0.3) is 22.0 Å². The minimum atomic E-state index is 0.0129. The van der Waals surface area contributed by atoms with Crippen molar-refractivity contribution in [2.24, 2.45) is 5.92 Å². The van der Waals surface area contributed by atoms with E-state index in [0.717, 1.165) is 65.8 Å². The van der Waals surface area contributed by atoms with Gasteiger partial charge in [-0.1, -0.05) is 18.2 Å². The van der Waals surface area contributed by atoms with Gasteiger partial charge in [-0.3, -0.25) is 19.8 Å². The molecule has 1 N–H and O–H groups in total. The molecular weight excluding hydrogens is 400 g/mol. The topological polar surface area (TPSA) is 71.1 Å². The van der Waals surface area contributed by atoms with Gasteiger partial charge in [0.1, 0.15) is 5.75 Å². The van der Waals surface area contributed by atoms with Crippen molar-refractivity contribution in [2.45, 2.75) is 19.4 Å². The second-order valence-electron chi connectivity index (χ2n) is 8.38.